The first kappa shape index (κ1) is 34.5. The summed E-state index contributed by atoms with van der Waals surface area (Å²) in [6.45, 7) is 4.40. The molecule has 0 atom stereocenters. The van der Waals surface area contributed by atoms with Crippen molar-refractivity contribution in [1.29, 1.82) is 0 Å². The van der Waals surface area contributed by atoms with Crippen molar-refractivity contribution in [3.05, 3.63) is 192 Å². The van der Waals surface area contributed by atoms with Crippen LogP contribution < -0.4 is 10.6 Å². The summed E-state index contributed by atoms with van der Waals surface area (Å²) in [5.74, 6) is 0. The molecule has 4 aromatic heterocycles. The van der Waals surface area contributed by atoms with Gasteiger partial charge in [0.1, 0.15) is 0 Å². The van der Waals surface area contributed by atoms with E-state index in [1.54, 1.807) is 0 Å². The molecule has 1 aliphatic rings. The fraction of sp³-hybridized carbons (Fsp3) is 0.0714. The fourth-order valence-corrected chi connectivity index (χ4v) is 10.2. The Bertz CT molecular complexity index is 3700. The molecule has 0 fully saturated rings. The molecular formula is C56H42N4. The number of hydrogen-bond acceptors (Lipinski definition) is 0. The highest BCUT2D eigenvalue weighted by atomic mass is 15.1. The molecule has 4 heterocycles. The molecule has 1 aliphatic carbocycles. The van der Waals surface area contributed by atoms with Gasteiger partial charge >= 0.3 is 0 Å². The number of fused-ring (bicyclic) bond motifs is 12. The number of nitrogens with zero attached hydrogens (tertiary/aromatic N) is 4. The van der Waals surface area contributed by atoms with Crippen LogP contribution in [-0.2, 0) is 0 Å². The smallest absolute Gasteiger partial charge is 0.0788 e. The summed E-state index contributed by atoms with van der Waals surface area (Å²) < 4.78 is 9.94. The second kappa shape index (κ2) is 13.5. The van der Waals surface area contributed by atoms with Crippen molar-refractivity contribution >= 4 is 89.7 Å². The minimum atomic E-state index is 0.907. The van der Waals surface area contributed by atoms with Crippen LogP contribution in [0.15, 0.2) is 170 Å². The average molecular weight is 771 g/mol. The van der Waals surface area contributed by atoms with E-state index < -0.39 is 0 Å². The summed E-state index contributed by atoms with van der Waals surface area (Å²) in [4.78, 5) is 0. The molecule has 0 aliphatic heterocycles. The molecule has 0 saturated carbocycles. The van der Waals surface area contributed by atoms with E-state index in [0.29, 0.717) is 0 Å². The zero-order chi connectivity index (χ0) is 39.9. The summed E-state index contributed by atoms with van der Waals surface area (Å²) in [5, 5.41) is 10.0. The molecule has 12 rings (SSSR count). The Morgan fingerprint density at radius 2 is 0.900 bits per heavy atom. The second-order valence-corrected chi connectivity index (χ2v) is 15.8. The predicted molar refractivity (Wildman–Crippen MR) is 256 cm³/mol. The minimum absolute atomic E-state index is 0.907. The van der Waals surface area contributed by atoms with Gasteiger partial charge in [0.15, 0.2) is 0 Å². The second-order valence-electron chi connectivity index (χ2n) is 15.8. The normalized spacial score (nSPS) is 13.6. The van der Waals surface area contributed by atoms with E-state index in [-0.39, 0.29) is 0 Å². The maximum absolute atomic E-state index is 2.51. The van der Waals surface area contributed by atoms with Crippen LogP contribution in [0.25, 0.3) is 112 Å². The first-order chi connectivity index (χ1) is 29.7. The molecule has 0 radical (unpaired) electrons. The van der Waals surface area contributed by atoms with Gasteiger partial charge in [-0.2, -0.15) is 0 Å². The van der Waals surface area contributed by atoms with Crippen molar-refractivity contribution in [1.82, 2.24) is 18.3 Å². The molecular weight excluding hydrogens is 729 g/mol. The lowest BCUT2D eigenvalue weighted by Gasteiger charge is -2.15. The molecule has 60 heavy (non-hydrogen) atoms. The van der Waals surface area contributed by atoms with Crippen LogP contribution in [0.5, 0.6) is 0 Å². The number of hydrogen-bond donors (Lipinski definition) is 0. The van der Waals surface area contributed by atoms with Crippen LogP contribution in [-0.4, -0.2) is 18.3 Å². The quantitative estimate of drug-likeness (QED) is 0.166. The van der Waals surface area contributed by atoms with Crippen molar-refractivity contribution in [2.24, 2.45) is 0 Å². The largest absolute Gasteiger partial charge is 0.308 e. The average Bonchev–Trinajstić information content (AvgIpc) is 3.96. The summed E-state index contributed by atoms with van der Waals surface area (Å²) in [5.41, 5.74) is 14.3. The van der Waals surface area contributed by atoms with Gasteiger partial charge in [0, 0.05) is 71.2 Å². The third-order valence-corrected chi connectivity index (χ3v) is 12.6. The van der Waals surface area contributed by atoms with Gasteiger partial charge in [0.2, 0.25) is 0 Å². The van der Waals surface area contributed by atoms with Gasteiger partial charge in [-0.15, -0.1) is 0 Å². The predicted octanol–water partition coefficient (Wildman–Crippen LogP) is 13.2. The topological polar surface area (TPSA) is 19.7 Å². The van der Waals surface area contributed by atoms with Crippen LogP contribution in [0.2, 0.25) is 0 Å². The minimum Gasteiger partial charge on any atom is -0.308 e. The van der Waals surface area contributed by atoms with Crippen LogP contribution in [0, 0.1) is 0 Å². The molecule has 0 unspecified atom stereocenters. The highest BCUT2D eigenvalue weighted by Gasteiger charge is 2.24. The molecule has 4 heteroatoms. The zero-order valence-corrected chi connectivity index (χ0v) is 33.7. The third kappa shape index (κ3) is 4.85. The van der Waals surface area contributed by atoms with Gasteiger partial charge in [-0.3, -0.25) is 0 Å². The summed E-state index contributed by atoms with van der Waals surface area (Å²) in [7, 11) is 0. The number of para-hydroxylation sites is 4. The third-order valence-electron chi connectivity index (χ3n) is 12.6. The first-order valence-corrected chi connectivity index (χ1v) is 21.1. The maximum atomic E-state index is 2.51. The molecule has 0 amide bonds. The standard InChI is InChI=1S/C56H42N4/c1-3-18-49-41(4-2)45-33-34-46-42-23-12-7-13-26-50(42)59(54(46)53(45)57(49)37-19-8-5-9-20-37)39-29-31-40(32-30-39)60-52-28-17-15-25-44(52)48-36-35-47-43-24-14-16-27-51(43)58(55(47)56(48)60)38-21-10-6-11-22-38/h4-6,8-36H,3,7H2,1-2H3/b41-4-,49-18+. The van der Waals surface area contributed by atoms with Gasteiger partial charge in [0.25, 0.3) is 0 Å². The molecule has 4 nitrogen and oxygen atoms in total. The number of aromatic nitrogens is 4. The molecule has 0 saturated heterocycles. The van der Waals surface area contributed by atoms with Crippen LogP contribution >= 0.6 is 0 Å². The van der Waals surface area contributed by atoms with Crippen molar-refractivity contribution in [3.63, 3.8) is 0 Å². The van der Waals surface area contributed by atoms with Crippen molar-refractivity contribution in [2.75, 3.05) is 0 Å². The Morgan fingerprint density at radius 3 is 1.50 bits per heavy atom. The lowest BCUT2D eigenvalue weighted by molar-refractivity contribution is 1.05. The first-order valence-electron chi connectivity index (χ1n) is 21.1. The van der Waals surface area contributed by atoms with Gasteiger partial charge in [-0.1, -0.05) is 134 Å². The van der Waals surface area contributed by atoms with Gasteiger partial charge in [0.05, 0.1) is 38.8 Å². The van der Waals surface area contributed by atoms with Crippen molar-refractivity contribution in [2.45, 2.75) is 26.7 Å². The van der Waals surface area contributed by atoms with E-state index in [9.17, 15) is 0 Å². The monoisotopic (exact) mass is 770 g/mol. The van der Waals surface area contributed by atoms with E-state index in [2.05, 4.69) is 226 Å². The van der Waals surface area contributed by atoms with Gasteiger partial charge in [-0.25, -0.2) is 0 Å². The Hall–Kier alpha value is -7.56. The van der Waals surface area contributed by atoms with Crippen LogP contribution in [0.1, 0.15) is 37.9 Å². The Labute approximate surface area is 347 Å². The van der Waals surface area contributed by atoms with Crippen molar-refractivity contribution < 1.29 is 0 Å². The Kier molecular flexibility index (Phi) is 7.76. The summed E-state index contributed by atoms with van der Waals surface area (Å²) in [6.07, 6.45) is 15.7. The van der Waals surface area contributed by atoms with Gasteiger partial charge < -0.3 is 18.3 Å². The fourth-order valence-electron chi connectivity index (χ4n) is 10.2. The number of benzene rings is 7. The van der Waals surface area contributed by atoms with E-state index >= 15 is 0 Å². The van der Waals surface area contributed by atoms with E-state index in [4.69, 9.17) is 0 Å². The van der Waals surface area contributed by atoms with Gasteiger partial charge in [-0.05, 0) is 86.5 Å². The maximum Gasteiger partial charge on any atom is 0.0788 e. The lowest BCUT2D eigenvalue weighted by atomic mass is 10.1. The summed E-state index contributed by atoms with van der Waals surface area (Å²) >= 11 is 0. The summed E-state index contributed by atoms with van der Waals surface area (Å²) in [6, 6.07) is 58.0. The van der Waals surface area contributed by atoms with Crippen molar-refractivity contribution in [3.8, 4) is 22.7 Å². The molecule has 286 valence electrons. The Balaban J connectivity index is 1.17. The van der Waals surface area contributed by atoms with E-state index in [1.807, 2.05) is 0 Å². The van der Waals surface area contributed by atoms with Crippen LogP contribution in [0.3, 0.4) is 0 Å². The van der Waals surface area contributed by atoms with E-state index in [1.165, 1.54) is 87.2 Å². The Morgan fingerprint density at radius 1 is 0.433 bits per heavy atom. The van der Waals surface area contributed by atoms with E-state index in [0.717, 1.165) is 35.6 Å². The molecule has 0 N–H and O–H groups in total. The molecule has 11 aromatic rings. The SMILES string of the molecule is C/C=c1\c(=C/CC)n(-c2ccccc2)c2c1ccc1c3c(n(-c4ccc(-n5c6ccccc6c6ccc7c8ccccc8n(-c8ccccc8)c7c65)cc4)c12)C=CCC=C3. The molecule has 0 bridgehead atoms. The molecule has 0 spiro atoms. The lowest BCUT2D eigenvalue weighted by Crippen LogP contribution is -2.28. The number of allylic oxidation sites excluding steroid dienone is 2. The number of rotatable bonds is 5. The highest BCUT2D eigenvalue weighted by molar-refractivity contribution is 6.24. The van der Waals surface area contributed by atoms with Crippen LogP contribution in [0.4, 0.5) is 0 Å². The zero-order valence-electron chi connectivity index (χ0n) is 33.7. The highest BCUT2D eigenvalue weighted by Crippen LogP contribution is 2.42. The molecule has 7 aromatic carbocycles.